The number of nitrogens with two attached hydrogens (primary N) is 1. The van der Waals surface area contributed by atoms with Crippen molar-refractivity contribution in [2.75, 3.05) is 39.8 Å². The maximum Gasteiger partial charge on any atom is 0.231 e. The molecule has 0 bridgehead atoms. The summed E-state index contributed by atoms with van der Waals surface area (Å²) in [5.41, 5.74) is 5.16. The van der Waals surface area contributed by atoms with Gasteiger partial charge < -0.3 is 16.0 Å². The molecular formula is C11H20N4O3. The molecule has 1 unspecified atom stereocenters. The second-order valence-electron chi connectivity index (χ2n) is 4.48. The molecule has 1 rings (SSSR count). The van der Waals surface area contributed by atoms with Crippen molar-refractivity contribution in [3.8, 4) is 0 Å². The molecule has 0 radical (unpaired) electrons. The summed E-state index contributed by atoms with van der Waals surface area (Å²) in [4.78, 5) is 37.5. The van der Waals surface area contributed by atoms with E-state index in [1.807, 2.05) is 4.90 Å². The van der Waals surface area contributed by atoms with Crippen LogP contribution in [0.25, 0.3) is 0 Å². The predicted octanol–water partition coefficient (Wildman–Crippen LogP) is -2.00. The number of rotatable bonds is 3. The van der Waals surface area contributed by atoms with Gasteiger partial charge >= 0.3 is 0 Å². The van der Waals surface area contributed by atoms with Crippen molar-refractivity contribution in [3.05, 3.63) is 0 Å². The number of amides is 3. The first kappa shape index (κ1) is 14.4. The number of nitrogens with one attached hydrogen (secondary N) is 1. The second-order valence-corrected chi connectivity index (χ2v) is 4.48. The van der Waals surface area contributed by atoms with Crippen LogP contribution in [-0.2, 0) is 14.4 Å². The maximum atomic E-state index is 11.7. The molecule has 0 aromatic rings. The maximum absolute atomic E-state index is 11.7. The molecule has 18 heavy (non-hydrogen) atoms. The molecule has 1 atom stereocenters. The Balaban J connectivity index is 2.76. The zero-order valence-electron chi connectivity index (χ0n) is 10.8. The van der Waals surface area contributed by atoms with Gasteiger partial charge in [-0.25, -0.2) is 0 Å². The Hall–Kier alpha value is -1.63. The summed E-state index contributed by atoms with van der Waals surface area (Å²) < 4.78 is 0. The zero-order chi connectivity index (χ0) is 13.7. The molecule has 7 nitrogen and oxygen atoms in total. The molecule has 0 aromatic carbocycles. The standard InChI is InChI=1S/C11H20N4O3/c1-8(16)15-4-3-14(7-10(12)17)5-9(6-15)11(18)13-2/h9H,3-7H2,1-2H3,(H2,12,17)(H,13,18). The van der Waals surface area contributed by atoms with Crippen molar-refractivity contribution < 1.29 is 14.4 Å². The first-order chi connectivity index (χ1) is 8.43. The third-order valence-electron chi connectivity index (χ3n) is 3.05. The molecule has 1 saturated heterocycles. The summed E-state index contributed by atoms with van der Waals surface area (Å²) >= 11 is 0. The first-order valence-electron chi connectivity index (χ1n) is 5.91. The van der Waals surface area contributed by atoms with E-state index in [1.54, 1.807) is 11.9 Å². The van der Waals surface area contributed by atoms with E-state index in [-0.39, 0.29) is 24.3 Å². The van der Waals surface area contributed by atoms with Crippen LogP contribution in [0.4, 0.5) is 0 Å². The topological polar surface area (TPSA) is 95.7 Å². The summed E-state index contributed by atoms with van der Waals surface area (Å²) in [6, 6.07) is 0. The summed E-state index contributed by atoms with van der Waals surface area (Å²) in [5.74, 6) is -0.954. The summed E-state index contributed by atoms with van der Waals surface area (Å²) in [7, 11) is 1.56. The first-order valence-corrected chi connectivity index (χ1v) is 5.91. The SMILES string of the molecule is CNC(=O)C1CN(CC(N)=O)CCN(C(C)=O)C1. The normalized spacial score (nSPS) is 21.2. The number of primary amides is 1. The fourth-order valence-electron chi connectivity index (χ4n) is 2.10. The molecule has 1 aliphatic rings. The minimum atomic E-state index is -0.429. The van der Waals surface area contributed by atoms with Crippen molar-refractivity contribution in [2.24, 2.45) is 11.7 Å². The lowest BCUT2D eigenvalue weighted by Gasteiger charge is -2.22. The van der Waals surface area contributed by atoms with E-state index in [4.69, 9.17) is 5.73 Å². The average Bonchev–Trinajstić information content (AvgIpc) is 2.50. The molecule has 0 aliphatic carbocycles. The van der Waals surface area contributed by atoms with Crippen LogP contribution in [0.3, 0.4) is 0 Å². The van der Waals surface area contributed by atoms with Crippen LogP contribution in [0.15, 0.2) is 0 Å². The van der Waals surface area contributed by atoms with Gasteiger partial charge in [-0.1, -0.05) is 0 Å². The summed E-state index contributed by atoms with van der Waals surface area (Å²) in [5, 5.41) is 2.58. The number of carbonyl (C=O) groups is 3. The van der Waals surface area contributed by atoms with Gasteiger partial charge in [0.25, 0.3) is 0 Å². The Labute approximate surface area is 106 Å². The van der Waals surface area contributed by atoms with Gasteiger partial charge in [0.1, 0.15) is 0 Å². The van der Waals surface area contributed by atoms with Crippen molar-refractivity contribution in [2.45, 2.75) is 6.92 Å². The molecule has 0 spiro atoms. The van der Waals surface area contributed by atoms with Crippen molar-refractivity contribution >= 4 is 17.7 Å². The Bertz CT molecular complexity index is 345. The zero-order valence-corrected chi connectivity index (χ0v) is 10.8. The number of hydrogen-bond acceptors (Lipinski definition) is 4. The number of carbonyl (C=O) groups excluding carboxylic acids is 3. The van der Waals surface area contributed by atoms with Crippen LogP contribution in [0.1, 0.15) is 6.92 Å². The van der Waals surface area contributed by atoms with Crippen LogP contribution in [0, 0.1) is 5.92 Å². The predicted molar refractivity (Wildman–Crippen MR) is 65.4 cm³/mol. The van der Waals surface area contributed by atoms with Gasteiger partial charge in [0.15, 0.2) is 0 Å². The minimum absolute atomic E-state index is 0.0650. The molecule has 7 heteroatoms. The molecule has 1 fully saturated rings. The fourth-order valence-corrected chi connectivity index (χ4v) is 2.10. The van der Waals surface area contributed by atoms with Crippen LogP contribution >= 0.6 is 0 Å². The lowest BCUT2D eigenvalue weighted by atomic mass is 10.1. The summed E-state index contributed by atoms with van der Waals surface area (Å²) in [6.07, 6.45) is 0. The van der Waals surface area contributed by atoms with E-state index in [9.17, 15) is 14.4 Å². The highest BCUT2D eigenvalue weighted by Crippen LogP contribution is 2.10. The van der Waals surface area contributed by atoms with Crippen LogP contribution in [0.5, 0.6) is 0 Å². The van der Waals surface area contributed by atoms with Gasteiger partial charge in [0.2, 0.25) is 17.7 Å². The van der Waals surface area contributed by atoms with E-state index in [0.29, 0.717) is 26.2 Å². The van der Waals surface area contributed by atoms with Crippen molar-refractivity contribution in [1.29, 1.82) is 0 Å². The van der Waals surface area contributed by atoms with Gasteiger partial charge in [0, 0.05) is 40.2 Å². The van der Waals surface area contributed by atoms with E-state index < -0.39 is 5.91 Å². The van der Waals surface area contributed by atoms with E-state index in [0.717, 1.165) is 0 Å². The Morgan fingerprint density at radius 2 is 1.94 bits per heavy atom. The van der Waals surface area contributed by atoms with Crippen LogP contribution < -0.4 is 11.1 Å². The van der Waals surface area contributed by atoms with Gasteiger partial charge in [-0.05, 0) is 0 Å². The highest BCUT2D eigenvalue weighted by Gasteiger charge is 2.28. The molecule has 1 heterocycles. The Morgan fingerprint density at radius 3 is 2.44 bits per heavy atom. The quantitative estimate of drug-likeness (QED) is 0.610. The third-order valence-corrected chi connectivity index (χ3v) is 3.05. The van der Waals surface area contributed by atoms with Crippen LogP contribution in [0.2, 0.25) is 0 Å². The molecule has 102 valence electrons. The Kier molecular flexibility index (Phi) is 5.08. The average molecular weight is 256 g/mol. The molecular weight excluding hydrogens is 236 g/mol. The highest BCUT2D eigenvalue weighted by atomic mass is 16.2. The third kappa shape index (κ3) is 3.99. The molecule has 3 N–H and O–H groups in total. The summed E-state index contributed by atoms with van der Waals surface area (Å²) in [6.45, 7) is 3.46. The van der Waals surface area contributed by atoms with Crippen molar-refractivity contribution in [3.63, 3.8) is 0 Å². The lowest BCUT2D eigenvalue weighted by molar-refractivity contribution is -0.131. The van der Waals surface area contributed by atoms with Gasteiger partial charge in [-0.2, -0.15) is 0 Å². The number of hydrogen-bond donors (Lipinski definition) is 2. The molecule has 1 aliphatic heterocycles. The van der Waals surface area contributed by atoms with E-state index >= 15 is 0 Å². The van der Waals surface area contributed by atoms with Gasteiger partial charge in [-0.3, -0.25) is 19.3 Å². The van der Waals surface area contributed by atoms with Crippen molar-refractivity contribution in [1.82, 2.24) is 15.1 Å². The molecule has 3 amide bonds. The van der Waals surface area contributed by atoms with Crippen LogP contribution in [-0.4, -0.2) is 67.3 Å². The monoisotopic (exact) mass is 256 g/mol. The van der Waals surface area contributed by atoms with Gasteiger partial charge in [-0.15, -0.1) is 0 Å². The fraction of sp³-hybridized carbons (Fsp3) is 0.727. The molecule has 0 aromatic heterocycles. The van der Waals surface area contributed by atoms with E-state index in [1.165, 1.54) is 6.92 Å². The highest BCUT2D eigenvalue weighted by molar-refractivity contribution is 5.80. The Morgan fingerprint density at radius 1 is 1.28 bits per heavy atom. The smallest absolute Gasteiger partial charge is 0.231 e. The van der Waals surface area contributed by atoms with Gasteiger partial charge in [0.05, 0.1) is 12.5 Å². The minimum Gasteiger partial charge on any atom is -0.369 e. The largest absolute Gasteiger partial charge is 0.369 e. The lowest BCUT2D eigenvalue weighted by Crippen LogP contribution is -2.42. The number of nitrogens with zero attached hydrogens (tertiary/aromatic N) is 2. The molecule has 0 saturated carbocycles. The second kappa shape index (κ2) is 6.34. The van der Waals surface area contributed by atoms with E-state index in [2.05, 4.69) is 5.32 Å².